The highest BCUT2D eigenvalue weighted by Gasteiger charge is 2.17. The number of benzene rings is 1. The molecule has 0 bridgehead atoms. The number of aryl methyl sites for hydroxylation is 1. The van der Waals surface area contributed by atoms with Crippen LogP contribution in [0.1, 0.15) is 18.1 Å². The fourth-order valence-electron chi connectivity index (χ4n) is 2.15. The Morgan fingerprint density at radius 2 is 2.05 bits per heavy atom. The molecule has 0 atom stereocenters. The Kier molecular flexibility index (Phi) is 4.48. The van der Waals surface area contributed by atoms with Gasteiger partial charge in [0.05, 0.1) is 17.1 Å². The van der Waals surface area contributed by atoms with E-state index in [1.54, 1.807) is 12.1 Å². The van der Waals surface area contributed by atoms with Crippen LogP contribution in [0.25, 0.3) is 11.1 Å². The van der Waals surface area contributed by atoms with Gasteiger partial charge in [0.25, 0.3) is 0 Å². The summed E-state index contributed by atoms with van der Waals surface area (Å²) in [5.41, 5.74) is 2.37. The first kappa shape index (κ1) is 16.0. The molecule has 1 aromatic carbocycles. The number of rotatable bonds is 4. The SMILES string of the molecule is CCOc1ccc(C)c(C#N)c1-c1cncc(S(C)(=O)=O)c1. The first-order valence-corrected chi connectivity index (χ1v) is 8.59. The quantitative estimate of drug-likeness (QED) is 0.866. The Bertz CT molecular complexity index is 852. The summed E-state index contributed by atoms with van der Waals surface area (Å²) in [6.45, 7) is 4.12. The first-order chi connectivity index (χ1) is 10.4. The van der Waals surface area contributed by atoms with Crippen LogP contribution in [0.2, 0.25) is 0 Å². The van der Waals surface area contributed by atoms with Gasteiger partial charge in [0.1, 0.15) is 11.8 Å². The van der Waals surface area contributed by atoms with E-state index in [2.05, 4.69) is 11.1 Å². The lowest BCUT2D eigenvalue weighted by Gasteiger charge is -2.14. The van der Waals surface area contributed by atoms with Crippen molar-refractivity contribution in [3.05, 3.63) is 41.7 Å². The van der Waals surface area contributed by atoms with Gasteiger partial charge in [-0.3, -0.25) is 4.98 Å². The van der Waals surface area contributed by atoms with Crippen molar-refractivity contribution in [2.75, 3.05) is 12.9 Å². The van der Waals surface area contributed by atoms with Crippen LogP contribution < -0.4 is 4.74 Å². The minimum atomic E-state index is -3.37. The molecule has 2 rings (SSSR count). The van der Waals surface area contributed by atoms with E-state index in [0.29, 0.717) is 29.0 Å². The van der Waals surface area contributed by atoms with Gasteiger partial charge in [-0.1, -0.05) is 6.07 Å². The molecule has 0 aliphatic carbocycles. The van der Waals surface area contributed by atoms with Crippen molar-refractivity contribution in [1.29, 1.82) is 5.26 Å². The van der Waals surface area contributed by atoms with Crippen molar-refractivity contribution in [1.82, 2.24) is 4.98 Å². The molecule has 1 aromatic heterocycles. The lowest BCUT2D eigenvalue weighted by Crippen LogP contribution is -2.01. The third kappa shape index (κ3) is 3.10. The van der Waals surface area contributed by atoms with Crippen LogP contribution in [0, 0.1) is 18.3 Å². The second-order valence-electron chi connectivity index (χ2n) is 4.86. The van der Waals surface area contributed by atoms with Gasteiger partial charge < -0.3 is 4.74 Å². The summed E-state index contributed by atoms with van der Waals surface area (Å²) >= 11 is 0. The smallest absolute Gasteiger partial charge is 0.177 e. The van der Waals surface area contributed by atoms with Crippen LogP contribution in [0.4, 0.5) is 0 Å². The first-order valence-electron chi connectivity index (χ1n) is 6.70. The molecule has 0 spiro atoms. The number of hydrogen-bond acceptors (Lipinski definition) is 5. The summed E-state index contributed by atoms with van der Waals surface area (Å²) in [5.74, 6) is 0.539. The number of nitrogens with zero attached hydrogens (tertiary/aromatic N) is 2. The zero-order valence-electron chi connectivity index (χ0n) is 12.6. The van der Waals surface area contributed by atoms with E-state index in [4.69, 9.17) is 4.74 Å². The number of hydrogen-bond donors (Lipinski definition) is 0. The van der Waals surface area contributed by atoms with Crippen LogP contribution >= 0.6 is 0 Å². The predicted octanol–water partition coefficient (Wildman–Crippen LogP) is 2.73. The van der Waals surface area contributed by atoms with Crippen LogP contribution in [0.3, 0.4) is 0 Å². The number of nitriles is 1. The molecule has 0 N–H and O–H groups in total. The van der Waals surface area contributed by atoms with E-state index in [9.17, 15) is 13.7 Å². The molecule has 0 amide bonds. The summed E-state index contributed by atoms with van der Waals surface area (Å²) in [7, 11) is -3.37. The van der Waals surface area contributed by atoms with E-state index in [1.807, 2.05) is 13.8 Å². The summed E-state index contributed by atoms with van der Waals surface area (Å²) in [6.07, 6.45) is 3.95. The molecule has 0 aliphatic heterocycles. The van der Waals surface area contributed by atoms with E-state index < -0.39 is 9.84 Å². The number of aromatic nitrogens is 1. The van der Waals surface area contributed by atoms with Crippen LogP contribution in [0.15, 0.2) is 35.5 Å². The van der Waals surface area contributed by atoms with Crippen LogP contribution in [-0.4, -0.2) is 26.3 Å². The maximum atomic E-state index is 11.7. The lowest BCUT2D eigenvalue weighted by atomic mass is 9.97. The standard InChI is InChI=1S/C16H16N2O3S/c1-4-21-15-6-5-11(2)14(8-17)16(15)12-7-13(10-18-9-12)22(3,19)20/h5-7,9-10H,4H2,1-3H3. The summed E-state index contributed by atoms with van der Waals surface area (Å²) in [5, 5.41) is 9.44. The fourth-order valence-corrected chi connectivity index (χ4v) is 2.75. The number of sulfone groups is 1. The van der Waals surface area contributed by atoms with Gasteiger partial charge in [-0.2, -0.15) is 5.26 Å². The van der Waals surface area contributed by atoms with E-state index >= 15 is 0 Å². The second kappa shape index (κ2) is 6.16. The number of ether oxygens (including phenoxy) is 1. The van der Waals surface area contributed by atoms with Crippen molar-refractivity contribution in [2.24, 2.45) is 0 Å². The highest BCUT2D eigenvalue weighted by atomic mass is 32.2. The Labute approximate surface area is 130 Å². The van der Waals surface area contributed by atoms with E-state index in [1.165, 1.54) is 18.5 Å². The fraction of sp³-hybridized carbons (Fsp3) is 0.250. The molecule has 0 aliphatic rings. The van der Waals surface area contributed by atoms with E-state index in [-0.39, 0.29) is 4.90 Å². The van der Waals surface area contributed by atoms with Crippen molar-refractivity contribution in [2.45, 2.75) is 18.7 Å². The monoisotopic (exact) mass is 316 g/mol. The molecule has 0 saturated carbocycles. The van der Waals surface area contributed by atoms with Crippen LogP contribution in [0.5, 0.6) is 5.75 Å². The maximum absolute atomic E-state index is 11.7. The van der Waals surface area contributed by atoms with Gasteiger partial charge in [0, 0.05) is 29.8 Å². The average Bonchev–Trinajstić information content (AvgIpc) is 2.48. The van der Waals surface area contributed by atoms with Crippen molar-refractivity contribution in [3.63, 3.8) is 0 Å². The summed E-state index contributed by atoms with van der Waals surface area (Å²) in [4.78, 5) is 4.10. The Morgan fingerprint density at radius 1 is 1.32 bits per heavy atom. The Hall–Kier alpha value is -2.39. The van der Waals surface area contributed by atoms with Gasteiger partial charge in [-0.15, -0.1) is 0 Å². The molecular formula is C16H16N2O3S. The number of pyridine rings is 1. The van der Waals surface area contributed by atoms with Gasteiger partial charge >= 0.3 is 0 Å². The summed E-state index contributed by atoms with van der Waals surface area (Å²) < 4.78 is 29.0. The van der Waals surface area contributed by atoms with Gasteiger partial charge in [0.2, 0.25) is 0 Å². The zero-order chi connectivity index (χ0) is 16.3. The topological polar surface area (TPSA) is 80.0 Å². The molecule has 114 valence electrons. The highest BCUT2D eigenvalue weighted by Crippen LogP contribution is 2.35. The second-order valence-corrected chi connectivity index (χ2v) is 6.87. The third-order valence-electron chi connectivity index (χ3n) is 3.22. The van der Waals surface area contributed by atoms with Gasteiger partial charge in [-0.05, 0) is 31.5 Å². The normalized spacial score (nSPS) is 11.0. The molecule has 1 heterocycles. The largest absolute Gasteiger partial charge is 0.493 e. The third-order valence-corrected chi connectivity index (χ3v) is 4.30. The molecule has 2 aromatic rings. The van der Waals surface area contributed by atoms with Gasteiger partial charge in [-0.25, -0.2) is 8.42 Å². The lowest BCUT2D eigenvalue weighted by molar-refractivity contribution is 0.341. The highest BCUT2D eigenvalue weighted by molar-refractivity contribution is 7.90. The Balaban J connectivity index is 2.76. The Morgan fingerprint density at radius 3 is 2.64 bits per heavy atom. The molecule has 6 heteroatoms. The van der Waals surface area contributed by atoms with Crippen molar-refractivity contribution >= 4 is 9.84 Å². The predicted molar refractivity (Wildman–Crippen MR) is 83.4 cm³/mol. The summed E-state index contributed by atoms with van der Waals surface area (Å²) in [6, 6.07) is 7.26. The minimum absolute atomic E-state index is 0.109. The molecule has 0 unspecified atom stereocenters. The van der Waals surface area contributed by atoms with Gasteiger partial charge in [0.15, 0.2) is 9.84 Å². The van der Waals surface area contributed by atoms with E-state index in [0.717, 1.165) is 11.8 Å². The van der Waals surface area contributed by atoms with Crippen molar-refractivity contribution < 1.29 is 13.2 Å². The molecule has 0 fully saturated rings. The maximum Gasteiger partial charge on any atom is 0.177 e. The average molecular weight is 316 g/mol. The molecule has 5 nitrogen and oxygen atoms in total. The van der Waals surface area contributed by atoms with Crippen molar-refractivity contribution in [3.8, 4) is 22.9 Å². The molecule has 0 saturated heterocycles. The molecular weight excluding hydrogens is 300 g/mol. The van der Waals surface area contributed by atoms with Crippen LogP contribution in [-0.2, 0) is 9.84 Å². The zero-order valence-corrected chi connectivity index (χ0v) is 13.4. The minimum Gasteiger partial charge on any atom is -0.493 e. The molecule has 22 heavy (non-hydrogen) atoms. The molecule has 0 radical (unpaired) electrons.